The van der Waals surface area contributed by atoms with E-state index in [4.69, 9.17) is 0 Å². The third-order valence-electron chi connectivity index (χ3n) is 3.39. The predicted molar refractivity (Wildman–Crippen MR) is 75.4 cm³/mol. The minimum Gasteiger partial charge on any atom is -0.337 e. The Morgan fingerprint density at radius 2 is 2.21 bits per heavy atom. The summed E-state index contributed by atoms with van der Waals surface area (Å²) in [6, 6.07) is 1.97. The molecule has 1 amide bonds. The van der Waals surface area contributed by atoms with Crippen LogP contribution in [0.4, 0.5) is 0 Å². The Labute approximate surface area is 116 Å². The van der Waals surface area contributed by atoms with Crippen LogP contribution in [-0.2, 0) is 6.54 Å². The second-order valence-electron chi connectivity index (χ2n) is 5.30. The molecular weight excluding hydrogens is 258 g/mol. The molecule has 5 heteroatoms. The molecule has 100 valence electrons. The fourth-order valence-electron chi connectivity index (χ4n) is 2.38. The van der Waals surface area contributed by atoms with Gasteiger partial charge in [0.05, 0.1) is 11.1 Å². The molecular formula is C14H17N3OS. The summed E-state index contributed by atoms with van der Waals surface area (Å²) in [6.07, 6.45) is 3.92. The van der Waals surface area contributed by atoms with Gasteiger partial charge in [-0.25, -0.2) is 0 Å². The van der Waals surface area contributed by atoms with E-state index in [1.165, 1.54) is 16.9 Å². The van der Waals surface area contributed by atoms with Gasteiger partial charge in [0.15, 0.2) is 0 Å². The largest absolute Gasteiger partial charge is 0.337 e. The highest BCUT2D eigenvalue weighted by atomic mass is 32.1. The zero-order valence-corrected chi connectivity index (χ0v) is 12.0. The molecule has 0 saturated carbocycles. The predicted octanol–water partition coefficient (Wildman–Crippen LogP) is 2.33. The molecule has 0 radical (unpaired) electrons. The third kappa shape index (κ3) is 2.56. The van der Waals surface area contributed by atoms with Crippen molar-refractivity contribution in [3.8, 4) is 0 Å². The fourth-order valence-corrected chi connectivity index (χ4v) is 3.25. The SMILES string of the molecule is Cc1csc(C(=O)N2CC(Cn3cc(C)cn3)C2)c1. The quantitative estimate of drug-likeness (QED) is 0.862. The number of carbonyl (C=O) groups is 1. The van der Waals surface area contributed by atoms with Crippen LogP contribution in [0, 0.1) is 19.8 Å². The number of rotatable bonds is 3. The van der Waals surface area contributed by atoms with Crippen molar-refractivity contribution in [3.63, 3.8) is 0 Å². The lowest BCUT2D eigenvalue weighted by Crippen LogP contribution is -2.51. The fraction of sp³-hybridized carbons (Fsp3) is 0.429. The Kier molecular flexibility index (Phi) is 3.14. The molecule has 0 spiro atoms. The first-order valence-electron chi connectivity index (χ1n) is 6.45. The van der Waals surface area contributed by atoms with E-state index in [-0.39, 0.29) is 5.91 Å². The molecule has 1 aliphatic heterocycles. The van der Waals surface area contributed by atoms with E-state index in [9.17, 15) is 4.79 Å². The first-order valence-corrected chi connectivity index (χ1v) is 7.33. The second kappa shape index (κ2) is 4.81. The minimum absolute atomic E-state index is 0.172. The van der Waals surface area contributed by atoms with Gasteiger partial charge in [0.1, 0.15) is 0 Å². The van der Waals surface area contributed by atoms with Gasteiger partial charge in [-0.05, 0) is 36.4 Å². The summed E-state index contributed by atoms with van der Waals surface area (Å²) in [4.78, 5) is 14.9. The molecule has 0 atom stereocenters. The number of hydrogen-bond donors (Lipinski definition) is 0. The van der Waals surface area contributed by atoms with Crippen molar-refractivity contribution >= 4 is 17.2 Å². The monoisotopic (exact) mass is 275 g/mol. The maximum Gasteiger partial charge on any atom is 0.263 e. The average Bonchev–Trinajstić information content (AvgIpc) is 2.91. The van der Waals surface area contributed by atoms with E-state index in [1.807, 2.05) is 47.3 Å². The van der Waals surface area contributed by atoms with Gasteiger partial charge < -0.3 is 4.90 Å². The van der Waals surface area contributed by atoms with E-state index >= 15 is 0 Å². The summed E-state index contributed by atoms with van der Waals surface area (Å²) in [5.41, 5.74) is 2.35. The normalized spacial score (nSPS) is 15.6. The van der Waals surface area contributed by atoms with Gasteiger partial charge in [-0.3, -0.25) is 9.48 Å². The first kappa shape index (κ1) is 12.4. The lowest BCUT2D eigenvalue weighted by Gasteiger charge is -2.39. The number of amides is 1. The molecule has 4 nitrogen and oxygen atoms in total. The van der Waals surface area contributed by atoms with Crippen LogP contribution >= 0.6 is 11.3 Å². The Balaban J connectivity index is 1.54. The summed E-state index contributed by atoms with van der Waals surface area (Å²) in [5, 5.41) is 6.31. The van der Waals surface area contributed by atoms with Gasteiger partial charge in [0, 0.05) is 31.7 Å². The zero-order valence-electron chi connectivity index (χ0n) is 11.2. The number of aromatic nitrogens is 2. The number of carbonyl (C=O) groups excluding carboxylic acids is 1. The van der Waals surface area contributed by atoms with Gasteiger partial charge in [0.25, 0.3) is 5.91 Å². The van der Waals surface area contributed by atoms with Gasteiger partial charge in [-0.15, -0.1) is 11.3 Å². The van der Waals surface area contributed by atoms with Gasteiger partial charge in [-0.1, -0.05) is 0 Å². The van der Waals surface area contributed by atoms with Crippen LogP contribution in [0.1, 0.15) is 20.8 Å². The number of thiophene rings is 1. The third-order valence-corrected chi connectivity index (χ3v) is 4.43. The Morgan fingerprint density at radius 3 is 2.79 bits per heavy atom. The highest BCUT2D eigenvalue weighted by Gasteiger charge is 2.31. The molecule has 2 aromatic heterocycles. The molecule has 0 N–H and O–H groups in total. The van der Waals surface area contributed by atoms with E-state index in [1.54, 1.807) is 0 Å². The summed E-state index contributed by atoms with van der Waals surface area (Å²) in [5.74, 6) is 0.704. The molecule has 1 saturated heterocycles. The Hall–Kier alpha value is -1.62. The van der Waals surface area contributed by atoms with Crippen molar-refractivity contribution in [1.82, 2.24) is 14.7 Å². The molecule has 1 fully saturated rings. The van der Waals surface area contributed by atoms with E-state index in [0.29, 0.717) is 5.92 Å². The summed E-state index contributed by atoms with van der Waals surface area (Å²) in [6.45, 7) is 6.65. The van der Waals surface area contributed by atoms with Crippen LogP contribution in [0.3, 0.4) is 0 Å². The highest BCUT2D eigenvalue weighted by Crippen LogP contribution is 2.23. The molecule has 3 heterocycles. The molecule has 1 aliphatic rings. The van der Waals surface area contributed by atoms with E-state index < -0.39 is 0 Å². The number of nitrogens with zero attached hydrogens (tertiary/aromatic N) is 3. The van der Waals surface area contributed by atoms with Gasteiger partial charge in [0.2, 0.25) is 0 Å². The number of likely N-dealkylation sites (tertiary alicyclic amines) is 1. The smallest absolute Gasteiger partial charge is 0.263 e. The molecule has 0 aliphatic carbocycles. The van der Waals surface area contributed by atoms with Gasteiger partial charge >= 0.3 is 0 Å². The summed E-state index contributed by atoms with van der Waals surface area (Å²) >= 11 is 1.54. The molecule has 2 aromatic rings. The Morgan fingerprint density at radius 1 is 1.42 bits per heavy atom. The number of hydrogen-bond acceptors (Lipinski definition) is 3. The van der Waals surface area contributed by atoms with Crippen LogP contribution in [0.15, 0.2) is 23.8 Å². The second-order valence-corrected chi connectivity index (χ2v) is 6.22. The molecule has 3 rings (SSSR count). The zero-order chi connectivity index (χ0) is 13.4. The number of aryl methyl sites for hydroxylation is 2. The van der Waals surface area contributed by atoms with Gasteiger partial charge in [-0.2, -0.15) is 5.10 Å². The summed E-state index contributed by atoms with van der Waals surface area (Å²) in [7, 11) is 0. The van der Waals surface area contributed by atoms with Crippen LogP contribution in [-0.4, -0.2) is 33.7 Å². The maximum atomic E-state index is 12.2. The van der Waals surface area contributed by atoms with Crippen LogP contribution in [0.25, 0.3) is 0 Å². The van der Waals surface area contributed by atoms with Crippen molar-refractivity contribution in [1.29, 1.82) is 0 Å². The maximum absolute atomic E-state index is 12.2. The first-order chi connectivity index (χ1) is 9.11. The molecule has 0 unspecified atom stereocenters. The van der Waals surface area contributed by atoms with Crippen molar-refractivity contribution in [2.75, 3.05) is 13.1 Å². The minimum atomic E-state index is 0.172. The van der Waals surface area contributed by atoms with E-state index in [0.717, 1.165) is 30.1 Å². The van der Waals surface area contributed by atoms with Crippen LogP contribution < -0.4 is 0 Å². The molecule has 19 heavy (non-hydrogen) atoms. The standard InChI is InChI=1S/C14H17N3OS/c1-10-3-13(19-9-10)14(18)16-6-12(7-16)8-17-5-11(2)4-15-17/h3-5,9,12H,6-8H2,1-2H3. The van der Waals surface area contributed by atoms with Crippen LogP contribution in [0.5, 0.6) is 0 Å². The lowest BCUT2D eigenvalue weighted by atomic mass is 10.00. The van der Waals surface area contributed by atoms with Crippen molar-refractivity contribution in [3.05, 3.63) is 39.8 Å². The molecule has 0 aromatic carbocycles. The van der Waals surface area contributed by atoms with E-state index in [2.05, 4.69) is 5.10 Å². The highest BCUT2D eigenvalue weighted by molar-refractivity contribution is 7.12. The van der Waals surface area contributed by atoms with Crippen LogP contribution in [0.2, 0.25) is 0 Å². The van der Waals surface area contributed by atoms with Crippen molar-refractivity contribution in [2.45, 2.75) is 20.4 Å². The summed E-state index contributed by atoms with van der Waals surface area (Å²) < 4.78 is 1.97. The van der Waals surface area contributed by atoms with Crippen molar-refractivity contribution in [2.24, 2.45) is 5.92 Å². The molecule has 0 bridgehead atoms. The topological polar surface area (TPSA) is 38.1 Å². The van der Waals surface area contributed by atoms with Crippen molar-refractivity contribution < 1.29 is 4.79 Å². The Bertz CT molecular complexity index is 595. The lowest BCUT2D eigenvalue weighted by molar-refractivity contribution is 0.0466. The average molecular weight is 275 g/mol.